The second-order valence-electron chi connectivity index (χ2n) is 9.50. The minimum Gasteiger partial charge on any atom is -0.355 e. The molecular weight excluding hydrogens is 400 g/mol. The first-order valence-corrected chi connectivity index (χ1v) is 12.4. The summed E-state index contributed by atoms with van der Waals surface area (Å²) in [6.07, 6.45) is 3.43. The summed E-state index contributed by atoms with van der Waals surface area (Å²) in [5, 5.41) is 3.61. The average Bonchev–Trinajstić information content (AvgIpc) is 3.38. The van der Waals surface area contributed by atoms with Gasteiger partial charge in [0.1, 0.15) is 0 Å². The molecule has 0 radical (unpaired) electrons. The van der Waals surface area contributed by atoms with Crippen molar-refractivity contribution >= 4 is 11.9 Å². The minimum absolute atomic E-state index is 0.0211. The van der Waals surface area contributed by atoms with Crippen LogP contribution in [0.2, 0.25) is 0 Å². The van der Waals surface area contributed by atoms with Gasteiger partial charge in [-0.15, -0.1) is 0 Å². The molecule has 7 heteroatoms. The molecule has 0 aliphatic carbocycles. The Balaban J connectivity index is 1.23. The molecule has 2 saturated heterocycles. The zero-order chi connectivity index (χ0) is 22.5. The van der Waals surface area contributed by atoms with Crippen LogP contribution in [0.4, 0.5) is 0 Å². The highest BCUT2D eigenvalue weighted by Crippen LogP contribution is 2.20. The molecule has 0 spiro atoms. The van der Waals surface area contributed by atoms with Gasteiger partial charge in [-0.3, -0.25) is 19.6 Å². The van der Waals surface area contributed by atoms with Gasteiger partial charge in [0.15, 0.2) is 5.96 Å². The third-order valence-corrected chi connectivity index (χ3v) is 7.49. The summed E-state index contributed by atoms with van der Waals surface area (Å²) in [6.45, 7) is 12.9. The number of piperazine rings is 1. The largest absolute Gasteiger partial charge is 0.355 e. The Kier molecular flexibility index (Phi) is 7.68. The summed E-state index contributed by atoms with van der Waals surface area (Å²) >= 11 is 0. The standard InChI is InChI=1S/C25H40N6O/c1-20(31-13-10-22-8-4-5-9-23(22)19-31)18-27-25(26-3)30-16-14-28(15-17-30)21(2)24(32)29-11-6-7-12-29/h4-5,8-9,20-21H,6-7,10-19H2,1-3H3,(H,26,27). The number of nitrogens with zero attached hydrogens (tertiary/aromatic N) is 5. The van der Waals surface area contributed by atoms with Crippen LogP contribution in [-0.2, 0) is 17.8 Å². The number of likely N-dealkylation sites (tertiary alicyclic amines) is 1. The smallest absolute Gasteiger partial charge is 0.239 e. The second kappa shape index (κ2) is 10.7. The number of nitrogens with one attached hydrogen (secondary N) is 1. The number of carbonyl (C=O) groups excluding carboxylic acids is 1. The fourth-order valence-electron chi connectivity index (χ4n) is 5.27. The van der Waals surface area contributed by atoms with Gasteiger partial charge in [0, 0.05) is 72.0 Å². The highest BCUT2D eigenvalue weighted by Gasteiger charge is 2.30. The number of hydrogen-bond donors (Lipinski definition) is 1. The maximum absolute atomic E-state index is 12.8. The van der Waals surface area contributed by atoms with E-state index in [0.717, 1.165) is 84.1 Å². The molecule has 32 heavy (non-hydrogen) atoms. The Morgan fingerprint density at radius 2 is 1.62 bits per heavy atom. The zero-order valence-electron chi connectivity index (χ0n) is 20.1. The lowest BCUT2D eigenvalue weighted by Crippen LogP contribution is -2.57. The molecule has 176 valence electrons. The molecule has 3 heterocycles. The van der Waals surface area contributed by atoms with Crippen LogP contribution >= 0.6 is 0 Å². The quantitative estimate of drug-likeness (QED) is 0.557. The van der Waals surface area contributed by atoms with Gasteiger partial charge in [-0.2, -0.15) is 0 Å². The molecule has 1 aromatic rings. The molecule has 0 bridgehead atoms. The summed E-state index contributed by atoms with van der Waals surface area (Å²) in [5.74, 6) is 1.28. The van der Waals surface area contributed by atoms with E-state index in [1.54, 1.807) is 0 Å². The van der Waals surface area contributed by atoms with Gasteiger partial charge in [-0.25, -0.2) is 0 Å². The Bertz CT molecular complexity index is 797. The van der Waals surface area contributed by atoms with Gasteiger partial charge in [0.2, 0.25) is 5.91 Å². The van der Waals surface area contributed by atoms with Crippen molar-refractivity contribution in [2.45, 2.75) is 51.7 Å². The molecule has 1 aromatic carbocycles. The highest BCUT2D eigenvalue weighted by atomic mass is 16.2. The third-order valence-electron chi connectivity index (χ3n) is 7.49. The van der Waals surface area contributed by atoms with Crippen molar-refractivity contribution in [3.63, 3.8) is 0 Å². The maximum Gasteiger partial charge on any atom is 0.239 e. The molecule has 0 saturated carbocycles. The van der Waals surface area contributed by atoms with Crippen LogP contribution < -0.4 is 5.32 Å². The number of aliphatic imine (C=N–C) groups is 1. The summed E-state index contributed by atoms with van der Waals surface area (Å²) in [4.78, 5) is 26.6. The lowest BCUT2D eigenvalue weighted by molar-refractivity contribution is -0.135. The number of guanidine groups is 1. The van der Waals surface area contributed by atoms with Gasteiger partial charge in [0.05, 0.1) is 6.04 Å². The van der Waals surface area contributed by atoms with Gasteiger partial charge in [-0.1, -0.05) is 24.3 Å². The molecule has 4 rings (SSSR count). The van der Waals surface area contributed by atoms with Crippen LogP contribution in [0.15, 0.2) is 29.3 Å². The van der Waals surface area contributed by atoms with Crippen molar-refractivity contribution in [3.8, 4) is 0 Å². The molecule has 2 fully saturated rings. The number of hydrogen-bond acceptors (Lipinski definition) is 4. The van der Waals surface area contributed by atoms with Crippen molar-refractivity contribution in [1.82, 2.24) is 24.9 Å². The predicted octanol–water partition coefficient (Wildman–Crippen LogP) is 1.64. The average molecular weight is 441 g/mol. The third kappa shape index (κ3) is 5.26. The number of fused-ring (bicyclic) bond motifs is 1. The van der Waals surface area contributed by atoms with E-state index in [0.29, 0.717) is 11.9 Å². The Hall–Kier alpha value is -2.12. The van der Waals surface area contributed by atoms with Crippen LogP contribution in [-0.4, -0.2) is 103 Å². The van der Waals surface area contributed by atoms with E-state index < -0.39 is 0 Å². The normalized spacial score (nSPS) is 22.5. The van der Waals surface area contributed by atoms with Crippen LogP contribution in [0, 0.1) is 0 Å². The summed E-state index contributed by atoms with van der Waals surface area (Å²) in [6, 6.07) is 9.23. The Labute approximate surface area is 193 Å². The minimum atomic E-state index is -0.0211. The van der Waals surface area contributed by atoms with Crippen molar-refractivity contribution in [3.05, 3.63) is 35.4 Å². The van der Waals surface area contributed by atoms with E-state index in [2.05, 4.69) is 63.1 Å². The summed E-state index contributed by atoms with van der Waals surface area (Å²) < 4.78 is 0. The van der Waals surface area contributed by atoms with E-state index in [1.165, 1.54) is 11.1 Å². The van der Waals surface area contributed by atoms with Gasteiger partial charge in [-0.05, 0) is 44.2 Å². The van der Waals surface area contributed by atoms with Crippen molar-refractivity contribution in [1.29, 1.82) is 0 Å². The van der Waals surface area contributed by atoms with Crippen LogP contribution in [0.3, 0.4) is 0 Å². The molecule has 3 aliphatic rings. The van der Waals surface area contributed by atoms with E-state index in [4.69, 9.17) is 0 Å². The van der Waals surface area contributed by atoms with Crippen LogP contribution in [0.25, 0.3) is 0 Å². The molecule has 2 unspecified atom stereocenters. The molecular formula is C25H40N6O. The first kappa shape index (κ1) is 23.1. The van der Waals surface area contributed by atoms with E-state index in [1.807, 2.05) is 11.9 Å². The van der Waals surface area contributed by atoms with Crippen LogP contribution in [0.1, 0.15) is 37.8 Å². The van der Waals surface area contributed by atoms with Crippen LogP contribution in [0.5, 0.6) is 0 Å². The zero-order valence-corrected chi connectivity index (χ0v) is 20.1. The summed E-state index contributed by atoms with van der Waals surface area (Å²) in [5.41, 5.74) is 2.96. The van der Waals surface area contributed by atoms with E-state index >= 15 is 0 Å². The van der Waals surface area contributed by atoms with E-state index in [9.17, 15) is 4.79 Å². The molecule has 1 N–H and O–H groups in total. The van der Waals surface area contributed by atoms with Gasteiger partial charge < -0.3 is 15.1 Å². The SMILES string of the molecule is CN=C(NCC(C)N1CCc2ccccc2C1)N1CCN(C(C)C(=O)N2CCCC2)CC1. The fourth-order valence-corrected chi connectivity index (χ4v) is 5.27. The first-order chi connectivity index (χ1) is 15.6. The topological polar surface area (TPSA) is 54.4 Å². The summed E-state index contributed by atoms with van der Waals surface area (Å²) in [7, 11) is 1.87. The number of rotatable bonds is 5. The van der Waals surface area contributed by atoms with Gasteiger partial charge in [0.25, 0.3) is 0 Å². The lowest BCUT2D eigenvalue weighted by atomic mass is 9.99. The second-order valence-corrected chi connectivity index (χ2v) is 9.50. The van der Waals surface area contributed by atoms with Crippen molar-refractivity contribution < 1.29 is 4.79 Å². The van der Waals surface area contributed by atoms with Gasteiger partial charge >= 0.3 is 0 Å². The maximum atomic E-state index is 12.8. The number of amides is 1. The molecule has 7 nitrogen and oxygen atoms in total. The van der Waals surface area contributed by atoms with Crippen molar-refractivity contribution in [2.75, 3.05) is 59.4 Å². The predicted molar refractivity (Wildman–Crippen MR) is 130 cm³/mol. The Morgan fingerprint density at radius 1 is 0.938 bits per heavy atom. The molecule has 1 amide bonds. The number of benzene rings is 1. The Morgan fingerprint density at radius 3 is 2.31 bits per heavy atom. The molecule has 2 atom stereocenters. The molecule has 0 aromatic heterocycles. The van der Waals surface area contributed by atoms with E-state index in [-0.39, 0.29) is 6.04 Å². The first-order valence-electron chi connectivity index (χ1n) is 12.4. The highest BCUT2D eigenvalue weighted by molar-refractivity contribution is 5.82. The monoisotopic (exact) mass is 440 g/mol. The fraction of sp³-hybridized carbons (Fsp3) is 0.680. The lowest BCUT2D eigenvalue weighted by Gasteiger charge is -2.40. The number of carbonyl (C=O) groups is 1. The molecule has 3 aliphatic heterocycles. The van der Waals surface area contributed by atoms with Crippen molar-refractivity contribution in [2.24, 2.45) is 4.99 Å².